The third-order valence-corrected chi connectivity index (χ3v) is 5.05. The van der Waals surface area contributed by atoms with Crippen molar-refractivity contribution in [2.24, 2.45) is 16.6 Å². The molecule has 5 N–H and O–H groups in total. The predicted molar refractivity (Wildman–Crippen MR) is 141 cm³/mol. The van der Waals surface area contributed by atoms with Crippen molar-refractivity contribution in [3.8, 4) is 0 Å². The summed E-state index contributed by atoms with van der Waals surface area (Å²) in [6.45, 7) is 8.74. The number of carbonyl (C=O) groups is 2. The van der Waals surface area contributed by atoms with E-state index in [1.807, 2.05) is 32.9 Å². The number of amides is 2. The van der Waals surface area contributed by atoms with Crippen LogP contribution in [0.3, 0.4) is 0 Å². The molecular formula is C22H38IN7O3. The fourth-order valence-electron chi connectivity index (χ4n) is 3.43. The van der Waals surface area contributed by atoms with Gasteiger partial charge in [-0.05, 0) is 46.1 Å². The molecule has 33 heavy (non-hydrogen) atoms. The number of primary amides is 1. The number of pyridine rings is 1. The molecule has 0 saturated carbocycles. The normalized spacial score (nSPS) is 14.8. The van der Waals surface area contributed by atoms with Gasteiger partial charge in [-0.15, -0.1) is 24.0 Å². The first-order valence-corrected chi connectivity index (χ1v) is 11.1. The van der Waals surface area contributed by atoms with Crippen LogP contribution < -0.4 is 26.6 Å². The second kappa shape index (κ2) is 14.1. The zero-order valence-corrected chi connectivity index (χ0v) is 22.3. The Morgan fingerprint density at radius 3 is 2.48 bits per heavy atom. The van der Waals surface area contributed by atoms with E-state index >= 15 is 0 Å². The SMILES string of the molecule is CN=C(NCCCNC(=O)OC(C)(C)C)NCc1cccnc1N1CCC(C(N)=O)CC1.I. The summed E-state index contributed by atoms with van der Waals surface area (Å²) < 4.78 is 5.21. The Hall–Kier alpha value is -2.31. The van der Waals surface area contributed by atoms with Crippen molar-refractivity contribution in [3.63, 3.8) is 0 Å². The molecule has 0 aromatic carbocycles. The van der Waals surface area contributed by atoms with Crippen molar-refractivity contribution in [1.29, 1.82) is 0 Å². The van der Waals surface area contributed by atoms with Crippen LogP contribution in [-0.2, 0) is 16.1 Å². The number of rotatable bonds is 8. The number of anilines is 1. The van der Waals surface area contributed by atoms with E-state index in [1.54, 1.807) is 13.2 Å². The minimum Gasteiger partial charge on any atom is -0.444 e. The Balaban J connectivity index is 0.00000544. The summed E-state index contributed by atoms with van der Waals surface area (Å²) in [5.41, 5.74) is 6.00. The van der Waals surface area contributed by atoms with Gasteiger partial charge in [-0.25, -0.2) is 9.78 Å². The van der Waals surface area contributed by atoms with Crippen LogP contribution >= 0.6 is 24.0 Å². The van der Waals surface area contributed by atoms with Crippen LogP contribution in [0.25, 0.3) is 0 Å². The second-order valence-corrected chi connectivity index (χ2v) is 8.78. The fourth-order valence-corrected chi connectivity index (χ4v) is 3.43. The van der Waals surface area contributed by atoms with Crippen LogP contribution in [0.1, 0.15) is 45.6 Å². The Kier molecular flexibility index (Phi) is 12.2. The van der Waals surface area contributed by atoms with Crippen molar-refractivity contribution in [1.82, 2.24) is 20.9 Å². The van der Waals surface area contributed by atoms with E-state index in [2.05, 4.69) is 30.8 Å². The summed E-state index contributed by atoms with van der Waals surface area (Å²) >= 11 is 0. The van der Waals surface area contributed by atoms with Gasteiger partial charge in [-0.3, -0.25) is 9.79 Å². The molecule has 0 bridgehead atoms. The number of hydrogen-bond acceptors (Lipinski definition) is 6. The standard InChI is InChI=1S/C22H37N7O3.HI/c1-22(2,3)32-21(31)27-12-6-11-26-20(24-4)28-15-17-7-5-10-25-19(17)29-13-8-16(9-14-29)18(23)30;/h5,7,10,16H,6,8-9,11-15H2,1-4H3,(H2,23,30)(H,27,31)(H2,24,26,28);1H. The van der Waals surface area contributed by atoms with Gasteiger partial charge in [-0.1, -0.05) is 6.07 Å². The van der Waals surface area contributed by atoms with E-state index in [4.69, 9.17) is 10.5 Å². The Morgan fingerprint density at radius 1 is 1.21 bits per heavy atom. The first kappa shape index (κ1) is 28.7. The molecule has 2 amide bonds. The monoisotopic (exact) mass is 575 g/mol. The Morgan fingerprint density at radius 2 is 1.88 bits per heavy atom. The molecule has 0 unspecified atom stereocenters. The highest BCUT2D eigenvalue weighted by atomic mass is 127. The highest BCUT2D eigenvalue weighted by Gasteiger charge is 2.25. The van der Waals surface area contributed by atoms with Gasteiger partial charge >= 0.3 is 6.09 Å². The van der Waals surface area contributed by atoms with Crippen molar-refractivity contribution in [3.05, 3.63) is 23.9 Å². The molecule has 186 valence electrons. The van der Waals surface area contributed by atoms with Crippen LogP contribution in [-0.4, -0.2) is 61.8 Å². The lowest BCUT2D eigenvalue weighted by Crippen LogP contribution is -2.41. The molecule has 1 aromatic heterocycles. The summed E-state index contributed by atoms with van der Waals surface area (Å²) in [7, 11) is 1.72. The molecule has 11 heteroatoms. The minimum absolute atomic E-state index is 0. The molecule has 1 aliphatic rings. The Bertz CT molecular complexity index is 790. The lowest BCUT2D eigenvalue weighted by atomic mass is 9.96. The van der Waals surface area contributed by atoms with Gasteiger partial charge in [0, 0.05) is 57.4 Å². The van der Waals surface area contributed by atoms with Gasteiger partial charge in [0.05, 0.1) is 0 Å². The molecule has 2 heterocycles. The molecule has 1 aromatic rings. The maximum atomic E-state index is 11.7. The van der Waals surface area contributed by atoms with Crippen molar-refractivity contribution < 1.29 is 14.3 Å². The van der Waals surface area contributed by atoms with E-state index in [0.29, 0.717) is 25.6 Å². The van der Waals surface area contributed by atoms with Gasteiger partial charge in [0.1, 0.15) is 11.4 Å². The molecule has 10 nitrogen and oxygen atoms in total. The largest absolute Gasteiger partial charge is 0.444 e. The molecule has 2 rings (SSSR count). The average Bonchev–Trinajstić information content (AvgIpc) is 2.74. The van der Waals surface area contributed by atoms with Crippen LogP contribution in [0.15, 0.2) is 23.3 Å². The van der Waals surface area contributed by atoms with Crippen LogP contribution in [0.4, 0.5) is 10.6 Å². The van der Waals surface area contributed by atoms with Gasteiger partial charge < -0.3 is 31.3 Å². The third-order valence-electron chi connectivity index (χ3n) is 5.05. The highest BCUT2D eigenvalue weighted by molar-refractivity contribution is 14.0. The lowest BCUT2D eigenvalue weighted by Gasteiger charge is -2.32. The van der Waals surface area contributed by atoms with Gasteiger partial charge in [0.25, 0.3) is 0 Å². The summed E-state index contributed by atoms with van der Waals surface area (Å²) in [6.07, 6.45) is 3.60. The van der Waals surface area contributed by atoms with Gasteiger partial charge in [0.15, 0.2) is 5.96 Å². The van der Waals surface area contributed by atoms with Gasteiger partial charge in [-0.2, -0.15) is 0 Å². The summed E-state index contributed by atoms with van der Waals surface area (Å²) in [5.74, 6) is 1.32. The lowest BCUT2D eigenvalue weighted by molar-refractivity contribution is -0.122. The molecular weight excluding hydrogens is 537 g/mol. The quantitative estimate of drug-likeness (QED) is 0.161. The van der Waals surface area contributed by atoms with Crippen molar-refractivity contribution in [2.45, 2.75) is 52.2 Å². The van der Waals surface area contributed by atoms with E-state index < -0.39 is 11.7 Å². The number of aliphatic imine (C=N–C) groups is 1. The molecule has 1 aliphatic heterocycles. The number of hydrogen-bond donors (Lipinski definition) is 4. The van der Waals surface area contributed by atoms with E-state index in [0.717, 1.165) is 43.7 Å². The van der Waals surface area contributed by atoms with Crippen LogP contribution in [0.2, 0.25) is 0 Å². The number of halogens is 1. The molecule has 0 spiro atoms. The van der Waals surface area contributed by atoms with Gasteiger partial charge in [0.2, 0.25) is 5.91 Å². The predicted octanol–water partition coefficient (Wildman–Crippen LogP) is 1.98. The number of piperidine rings is 1. The number of guanidine groups is 1. The summed E-state index contributed by atoms with van der Waals surface area (Å²) in [5, 5.41) is 9.29. The first-order valence-electron chi connectivity index (χ1n) is 11.1. The third kappa shape index (κ3) is 10.4. The number of nitrogens with one attached hydrogen (secondary N) is 3. The topological polar surface area (TPSA) is 134 Å². The molecule has 1 fully saturated rings. The zero-order valence-electron chi connectivity index (χ0n) is 20.0. The number of nitrogens with zero attached hydrogens (tertiary/aromatic N) is 3. The zero-order chi connectivity index (χ0) is 23.6. The molecule has 0 aliphatic carbocycles. The number of ether oxygens (including phenoxy) is 1. The maximum absolute atomic E-state index is 11.7. The van der Waals surface area contributed by atoms with E-state index in [1.165, 1.54) is 0 Å². The Labute approximate surface area is 213 Å². The number of alkyl carbamates (subject to hydrolysis) is 1. The van der Waals surface area contributed by atoms with Crippen LogP contribution in [0, 0.1) is 5.92 Å². The summed E-state index contributed by atoms with van der Waals surface area (Å²) in [4.78, 5) is 34.1. The smallest absolute Gasteiger partial charge is 0.407 e. The van der Waals surface area contributed by atoms with Crippen molar-refractivity contribution >= 4 is 47.8 Å². The molecule has 0 radical (unpaired) electrons. The highest BCUT2D eigenvalue weighted by Crippen LogP contribution is 2.24. The minimum atomic E-state index is -0.503. The van der Waals surface area contributed by atoms with E-state index in [-0.39, 0.29) is 35.8 Å². The van der Waals surface area contributed by atoms with Crippen LogP contribution in [0.5, 0.6) is 0 Å². The number of aromatic nitrogens is 1. The number of nitrogens with two attached hydrogens (primary N) is 1. The van der Waals surface area contributed by atoms with Crippen molar-refractivity contribution in [2.75, 3.05) is 38.1 Å². The maximum Gasteiger partial charge on any atom is 0.407 e. The average molecular weight is 575 g/mol. The fraction of sp³-hybridized carbons (Fsp3) is 0.636. The summed E-state index contributed by atoms with van der Waals surface area (Å²) in [6, 6.07) is 3.95. The molecule has 1 saturated heterocycles. The first-order chi connectivity index (χ1) is 15.2. The molecule has 0 atom stereocenters. The van der Waals surface area contributed by atoms with E-state index in [9.17, 15) is 9.59 Å². The number of carbonyl (C=O) groups excluding carboxylic acids is 2. The second-order valence-electron chi connectivity index (χ2n) is 8.78.